The standard InChI is InChI=1S/C17H26N4O2/c1-20(2)16(23)17(9-4-12-21(17)15(22)13-18)8-3-5-14-6-10-19-11-7-14/h6-7,10-11H,3-5,8-9,12-13,18H2,1-2H3/t17-/m1/s1. The highest BCUT2D eigenvalue weighted by molar-refractivity contribution is 5.92. The summed E-state index contributed by atoms with van der Waals surface area (Å²) in [4.78, 5) is 32.4. The number of likely N-dealkylation sites (tertiary alicyclic amines) is 1. The lowest BCUT2D eigenvalue weighted by Crippen LogP contribution is -2.58. The average molecular weight is 318 g/mol. The number of amides is 2. The summed E-state index contributed by atoms with van der Waals surface area (Å²) in [6.45, 7) is 0.567. The molecule has 126 valence electrons. The van der Waals surface area contributed by atoms with Crippen molar-refractivity contribution in [2.45, 2.75) is 37.6 Å². The van der Waals surface area contributed by atoms with Crippen LogP contribution in [0.1, 0.15) is 31.2 Å². The molecule has 1 aliphatic rings. The highest BCUT2D eigenvalue weighted by atomic mass is 16.2. The van der Waals surface area contributed by atoms with Crippen LogP contribution in [0.3, 0.4) is 0 Å². The van der Waals surface area contributed by atoms with Gasteiger partial charge in [0, 0.05) is 33.0 Å². The topological polar surface area (TPSA) is 79.5 Å². The largest absolute Gasteiger partial charge is 0.347 e. The molecule has 1 aromatic rings. The molecular formula is C17H26N4O2. The van der Waals surface area contributed by atoms with Crippen LogP contribution in [0, 0.1) is 0 Å². The average Bonchev–Trinajstić information content (AvgIpc) is 2.99. The van der Waals surface area contributed by atoms with Crippen LogP contribution in [0.4, 0.5) is 0 Å². The van der Waals surface area contributed by atoms with Crippen LogP contribution in [-0.4, -0.2) is 59.3 Å². The van der Waals surface area contributed by atoms with E-state index in [-0.39, 0.29) is 18.4 Å². The second-order valence-electron chi connectivity index (χ2n) is 6.29. The van der Waals surface area contributed by atoms with Gasteiger partial charge in [-0.15, -0.1) is 0 Å². The first-order chi connectivity index (χ1) is 11.0. The molecular weight excluding hydrogens is 292 g/mol. The number of aryl methyl sites for hydroxylation is 1. The number of carbonyl (C=O) groups is 2. The van der Waals surface area contributed by atoms with Crippen molar-refractivity contribution in [3.63, 3.8) is 0 Å². The molecule has 0 aromatic carbocycles. The summed E-state index contributed by atoms with van der Waals surface area (Å²) >= 11 is 0. The molecule has 1 atom stereocenters. The van der Waals surface area contributed by atoms with Crippen molar-refractivity contribution in [2.24, 2.45) is 5.73 Å². The number of hydrogen-bond acceptors (Lipinski definition) is 4. The monoisotopic (exact) mass is 318 g/mol. The van der Waals surface area contributed by atoms with Crippen LogP contribution in [-0.2, 0) is 16.0 Å². The van der Waals surface area contributed by atoms with E-state index in [1.54, 1.807) is 36.3 Å². The maximum absolute atomic E-state index is 12.8. The Kier molecular flexibility index (Phi) is 5.71. The quantitative estimate of drug-likeness (QED) is 0.842. The number of aromatic nitrogens is 1. The van der Waals surface area contributed by atoms with Crippen molar-refractivity contribution in [3.8, 4) is 0 Å². The number of rotatable bonds is 6. The fourth-order valence-corrected chi connectivity index (χ4v) is 3.49. The van der Waals surface area contributed by atoms with Crippen molar-refractivity contribution in [3.05, 3.63) is 30.1 Å². The lowest BCUT2D eigenvalue weighted by Gasteiger charge is -2.39. The number of likely N-dealkylation sites (N-methyl/N-ethyl adjacent to an activating group) is 1. The summed E-state index contributed by atoms with van der Waals surface area (Å²) in [6.07, 6.45) is 7.49. The molecule has 1 fully saturated rings. The lowest BCUT2D eigenvalue weighted by atomic mass is 9.87. The van der Waals surface area contributed by atoms with Gasteiger partial charge in [-0.05, 0) is 49.8 Å². The van der Waals surface area contributed by atoms with Gasteiger partial charge in [0.15, 0.2) is 0 Å². The minimum atomic E-state index is -0.729. The summed E-state index contributed by atoms with van der Waals surface area (Å²) < 4.78 is 0. The van der Waals surface area contributed by atoms with Gasteiger partial charge in [0.25, 0.3) is 0 Å². The van der Waals surface area contributed by atoms with E-state index in [0.717, 1.165) is 19.3 Å². The molecule has 0 unspecified atom stereocenters. The Balaban J connectivity index is 2.14. The predicted molar refractivity (Wildman–Crippen MR) is 88.6 cm³/mol. The van der Waals surface area contributed by atoms with E-state index in [9.17, 15) is 9.59 Å². The normalized spacial score (nSPS) is 20.6. The maximum atomic E-state index is 12.8. The van der Waals surface area contributed by atoms with Crippen molar-refractivity contribution in [1.82, 2.24) is 14.8 Å². The Bertz CT molecular complexity index is 547. The lowest BCUT2D eigenvalue weighted by molar-refractivity contribution is -0.149. The van der Waals surface area contributed by atoms with Crippen LogP contribution < -0.4 is 5.73 Å². The SMILES string of the molecule is CN(C)C(=O)[C@@]1(CCCc2ccncc2)CCCN1C(=O)CN. The molecule has 6 heteroatoms. The predicted octanol–water partition coefficient (Wildman–Crippen LogP) is 0.812. The van der Waals surface area contributed by atoms with E-state index < -0.39 is 5.54 Å². The van der Waals surface area contributed by atoms with Gasteiger partial charge in [-0.3, -0.25) is 14.6 Å². The maximum Gasteiger partial charge on any atom is 0.248 e. The van der Waals surface area contributed by atoms with Gasteiger partial charge in [-0.1, -0.05) is 0 Å². The van der Waals surface area contributed by atoms with Crippen molar-refractivity contribution < 1.29 is 9.59 Å². The van der Waals surface area contributed by atoms with Crippen LogP contribution in [0.15, 0.2) is 24.5 Å². The molecule has 1 saturated heterocycles. The fourth-order valence-electron chi connectivity index (χ4n) is 3.49. The summed E-state index contributed by atoms with van der Waals surface area (Å²) in [7, 11) is 3.49. The molecule has 0 radical (unpaired) electrons. The summed E-state index contributed by atoms with van der Waals surface area (Å²) in [5.74, 6) is -0.131. The first-order valence-corrected chi connectivity index (χ1v) is 8.12. The van der Waals surface area contributed by atoms with Gasteiger partial charge >= 0.3 is 0 Å². The Morgan fingerprint density at radius 1 is 1.35 bits per heavy atom. The molecule has 6 nitrogen and oxygen atoms in total. The van der Waals surface area contributed by atoms with Crippen LogP contribution >= 0.6 is 0 Å². The van der Waals surface area contributed by atoms with E-state index in [0.29, 0.717) is 19.4 Å². The minimum Gasteiger partial charge on any atom is -0.347 e. The zero-order valence-corrected chi connectivity index (χ0v) is 14.0. The Hall–Kier alpha value is -1.95. The molecule has 1 aliphatic heterocycles. The van der Waals surface area contributed by atoms with E-state index >= 15 is 0 Å². The number of pyridine rings is 1. The van der Waals surface area contributed by atoms with Gasteiger partial charge in [0.1, 0.15) is 5.54 Å². The Morgan fingerprint density at radius 2 is 2.04 bits per heavy atom. The molecule has 0 saturated carbocycles. The van der Waals surface area contributed by atoms with Crippen molar-refractivity contribution in [1.29, 1.82) is 0 Å². The summed E-state index contributed by atoms with van der Waals surface area (Å²) in [5, 5.41) is 0. The van der Waals surface area contributed by atoms with Gasteiger partial charge in [-0.2, -0.15) is 0 Å². The first-order valence-electron chi connectivity index (χ1n) is 8.12. The van der Waals surface area contributed by atoms with E-state index in [2.05, 4.69) is 4.98 Å². The molecule has 2 heterocycles. The Morgan fingerprint density at radius 3 is 2.65 bits per heavy atom. The fraction of sp³-hybridized carbons (Fsp3) is 0.588. The third kappa shape index (κ3) is 3.69. The van der Waals surface area contributed by atoms with Crippen LogP contribution in [0.5, 0.6) is 0 Å². The molecule has 0 aliphatic carbocycles. The molecule has 2 N–H and O–H groups in total. The molecule has 2 amide bonds. The van der Waals surface area contributed by atoms with E-state index in [1.807, 2.05) is 12.1 Å². The van der Waals surface area contributed by atoms with Gasteiger partial charge in [-0.25, -0.2) is 0 Å². The van der Waals surface area contributed by atoms with Crippen molar-refractivity contribution >= 4 is 11.8 Å². The zero-order valence-electron chi connectivity index (χ0n) is 14.0. The third-order valence-corrected chi connectivity index (χ3v) is 4.57. The first kappa shape index (κ1) is 17.4. The minimum absolute atomic E-state index is 0.00604. The van der Waals surface area contributed by atoms with Crippen LogP contribution in [0.2, 0.25) is 0 Å². The second-order valence-corrected chi connectivity index (χ2v) is 6.29. The van der Waals surface area contributed by atoms with Gasteiger partial charge in [0.05, 0.1) is 6.54 Å². The van der Waals surface area contributed by atoms with Crippen LogP contribution in [0.25, 0.3) is 0 Å². The smallest absolute Gasteiger partial charge is 0.248 e. The molecule has 2 rings (SSSR count). The van der Waals surface area contributed by atoms with Gasteiger partial charge in [0.2, 0.25) is 11.8 Å². The number of hydrogen-bond donors (Lipinski definition) is 1. The molecule has 1 aromatic heterocycles. The highest BCUT2D eigenvalue weighted by Crippen LogP contribution is 2.35. The number of carbonyl (C=O) groups excluding carboxylic acids is 2. The van der Waals surface area contributed by atoms with Crippen molar-refractivity contribution in [2.75, 3.05) is 27.2 Å². The van der Waals surface area contributed by atoms with E-state index in [1.165, 1.54) is 5.56 Å². The Labute approximate surface area is 137 Å². The number of nitrogens with zero attached hydrogens (tertiary/aromatic N) is 3. The number of nitrogens with two attached hydrogens (primary N) is 1. The third-order valence-electron chi connectivity index (χ3n) is 4.57. The highest BCUT2D eigenvalue weighted by Gasteiger charge is 2.49. The summed E-state index contributed by atoms with van der Waals surface area (Å²) in [6, 6.07) is 3.97. The second kappa shape index (κ2) is 7.55. The van der Waals surface area contributed by atoms with E-state index in [4.69, 9.17) is 5.73 Å². The molecule has 0 bridgehead atoms. The van der Waals surface area contributed by atoms with Gasteiger partial charge < -0.3 is 15.5 Å². The molecule has 23 heavy (non-hydrogen) atoms. The molecule has 0 spiro atoms. The summed E-state index contributed by atoms with van der Waals surface area (Å²) in [5.41, 5.74) is 6.01. The zero-order chi connectivity index (χ0) is 16.9.